The third kappa shape index (κ3) is 4.17. The zero-order chi connectivity index (χ0) is 16.1. The summed E-state index contributed by atoms with van der Waals surface area (Å²) in [7, 11) is 0. The van der Waals surface area contributed by atoms with E-state index in [4.69, 9.17) is 0 Å². The summed E-state index contributed by atoms with van der Waals surface area (Å²) in [6.07, 6.45) is 1.72. The van der Waals surface area contributed by atoms with Gasteiger partial charge in [0, 0.05) is 6.54 Å². The van der Waals surface area contributed by atoms with Gasteiger partial charge in [-0.3, -0.25) is 4.79 Å². The Morgan fingerprint density at radius 2 is 2.09 bits per heavy atom. The van der Waals surface area contributed by atoms with Gasteiger partial charge in [-0.2, -0.15) is 0 Å². The molecule has 2 aromatic heterocycles. The first-order chi connectivity index (χ1) is 11.2. The minimum absolute atomic E-state index is 0.132. The quantitative estimate of drug-likeness (QED) is 0.735. The second-order valence-corrected chi connectivity index (χ2v) is 6.15. The summed E-state index contributed by atoms with van der Waals surface area (Å²) in [5, 5.41) is 7.98. The van der Waals surface area contributed by atoms with Gasteiger partial charge >= 0.3 is 0 Å². The number of aromatic nitrogens is 1. The van der Waals surface area contributed by atoms with Gasteiger partial charge in [0.25, 0.3) is 5.91 Å². The number of hydrogen-bond acceptors (Lipinski definition) is 4. The average molecular weight is 323 g/mol. The molecular weight excluding hydrogens is 306 g/mol. The Morgan fingerprint density at radius 3 is 2.78 bits per heavy atom. The van der Waals surface area contributed by atoms with E-state index in [-0.39, 0.29) is 5.91 Å². The molecule has 3 aromatic rings. The smallest absolute Gasteiger partial charge is 0.266 e. The lowest BCUT2D eigenvalue weighted by atomic mass is 10.1. The van der Waals surface area contributed by atoms with E-state index in [1.54, 1.807) is 18.3 Å². The molecule has 2 heterocycles. The van der Waals surface area contributed by atoms with Crippen LogP contribution in [0.4, 0.5) is 11.5 Å². The number of thiophene rings is 1. The third-order valence-electron chi connectivity index (χ3n) is 3.33. The van der Waals surface area contributed by atoms with Crippen molar-refractivity contribution in [3.05, 3.63) is 76.1 Å². The molecule has 0 saturated heterocycles. The summed E-state index contributed by atoms with van der Waals surface area (Å²) in [5.41, 5.74) is 3.38. The number of amides is 1. The summed E-state index contributed by atoms with van der Waals surface area (Å²) < 4.78 is 0. The molecule has 23 heavy (non-hydrogen) atoms. The predicted molar refractivity (Wildman–Crippen MR) is 95.0 cm³/mol. The number of nitrogens with one attached hydrogen (secondary N) is 2. The topological polar surface area (TPSA) is 54.0 Å². The van der Waals surface area contributed by atoms with E-state index in [0.29, 0.717) is 10.7 Å². The van der Waals surface area contributed by atoms with Crippen molar-refractivity contribution in [2.75, 3.05) is 10.6 Å². The van der Waals surface area contributed by atoms with Gasteiger partial charge in [0.1, 0.15) is 5.82 Å². The normalized spacial score (nSPS) is 10.3. The highest BCUT2D eigenvalue weighted by Crippen LogP contribution is 2.14. The van der Waals surface area contributed by atoms with Crippen LogP contribution in [0.15, 0.2) is 60.1 Å². The van der Waals surface area contributed by atoms with Crippen LogP contribution in [0.2, 0.25) is 0 Å². The molecule has 0 aliphatic heterocycles. The van der Waals surface area contributed by atoms with Gasteiger partial charge < -0.3 is 10.6 Å². The number of rotatable bonds is 5. The number of nitrogens with zero attached hydrogens (tertiary/aromatic N) is 1. The van der Waals surface area contributed by atoms with Gasteiger partial charge in [-0.05, 0) is 36.1 Å². The molecule has 0 aliphatic rings. The van der Waals surface area contributed by atoms with Crippen LogP contribution in [0.1, 0.15) is 20.8 Å². The van der Waals surface area contributed by atoms with Gasteiger partial charge in [-0.25, -0.2) is 4.98 Å². The Bertz CT molecular complexity index is 782. The molecule has 0 aliphatic carbocycles. The molecule has 0 fully saturated rings. The van der Waals surface area contributed by atoms with Crippen molar-refractivity contribution < 1.29 is 4.79 Å². The van der Waals surface area contributed by atoms with Gasteiger partial charge in [0.2, 0.25) is 0 Å². The maximum atomic E-state index is 11.9. The van der Waals surface area contributed by atoms with Crippen LogP contribution in [0.5, 0.6) is 0 Å². The molecule has 4 nitrogen and oxygen atoms in total. The lowest BCUT2D eigenvalue weighted by molar-refractivity contribution is 0.103. The van der Waals surface area contributed by atoms with Crippen molar-refractivity contribution >= 4 is 28.7 Å². The Hall–Kier alpha value is -2.66. The van der Waals surface area contributed by atoms with E-state index in [1.807, 2.05) is 23.6 Å². The molecule has 1 amide bonds. The van der Waals surface area contributed by atoms with Crippen molar-refractivity contribution in [1.29, 1.82) is 0 Å². The lowest BCUT2D eigenvalue weighted by Gasteiger charge is -2.08. The van der Waals surface area contributed by atoms with Crippen LogP contribution >= 0.6 is 11.3 Å². The summed E-state index contributed by atoms with van der Waals surface area (Å²) in [6.45, 7) is 2.82. The van der Waals surface area contributed by atoms with E-state index in [9.17, 15) is 4.79 Å². The molecule has 0 radical (unpaired) electrons. The first-order valence-corrected chi connectivity index (χ1v) is 8.19. The molecule has 1 aromatic carbocycles. The van der Waals surface area contributed by atoms with E-state index in [0.717, 1.165) is 12.2 Å². The molecular formula is C18H17N3OS. The van der Waals surface area contributed by atoms with Crippen molar-refractivity contribution in [3.8, 4) is 0 Å². The Balaban J connectivity index is 1.58. The maximum absolute atomic E-state index is 11.9. The van der Waals surface area contributed by atoms with Gasteiger partial charge in [0.15, 0.2) is 0 Å². The first-order valence-electron chi connectivity index (χ1n) is 7.31. The highest BCUT2D eigenvalue weighted by atomic mass is 32.1. The summed E-state index contributed by atoms with van der Waals surface area (Å²) >= 11 is 1.41. The number of anilines is 2. The summed E-state index contributed by atoms with van der Waals surface area (Å²) in [4.78, 5) is 16.9. The fraction of sp³-hybridized carbons (Fsp3) is 0.111. The fourth-order valence-corrected chi connectivity index (χ4v) is 2.80. The second-order valence-electron chi connectivity index (χ2n) is 5.21. The van der Waals surface area contributed by atoms with Crippen LogP contribution in [-0.2, 0) is 6.54 Å². The highest BCUT2D eigenvalue weighted by Gasteiger charge is 2.07. The molecule has 0 bridgehead atoms. The molecule has 0 spiro atoms. The monoisotopic (exact) mass is 323 g/mol. The Kier molecular flexibility index (Phi) is 4.68. The third-order valence-corrected chi connectivity index (χ3v) is 4.20. The van der Waals surface area contributed by atoms with E-state index in [1.165, 1.54) is 22.5 Å². The van der Waals surface area contributed by atoms with Crippen molar-refractivity contribution in [1.82, 2.24) is 4.98 Å². The van der Waals surface area contributed by atoms with Crippen molar-refractivity contribution in [2.24, 2.45) is 0 Å². The molecule has 5 heteroatoms. The van der Waals surface area contributed by atoms with Crippen molar-refractivity contribution in [2.45, 2.75) is 13.5 Å². The minimum Gasteiger partial charge on any atom is -0.380 e. The van der Waals surface area contributed by atoms with E-state index < -0.39 is 0 Å². The standard InChI is InChI=1S/C18H17N3OS/c1-13-4-2-5-14(10-13)11-19-15-7-8-17(20-12-15)21-18(22)16-6-3-9-23-16/h2-10,12,19H,11H2,1H3,(H,20,21,22). The molecule has 0 atom stereocenters. The van der Waals surface area contributed by atoms with E-state index >= 15 is 0 Å². The number of benzene rings is 1. The van der Waals surface area contributed by atoms with Crippen LogP contribution in [0, 0.1) is 6.92 Å². The number of carbonyl (C=O) groups excluding carboxylic acids is 1. The predicted octanol–water partition coefficient (Wildman–Crippen LogP) is 4.32. The molecule has 0 saturated carbocycles. The molecule has 116 valence electrons. The Morgan fingerprint density at radius 1 is 1.17 bits per heavy atom. The van der Waals surface area contributed by atoms with Crippen LogP contribution < -0.4 is 10.6 Å². The van der Waals surface area contributed by atoms with Crippen LogP contribution in [0.25, 0.3) is 0 Å². The number of carbonyl (C=O) groups is 1. The average Bonchev–Trinajstić information content (AvgIpc) is 3.09. The first kappa shape index (κ1) is 15.2. The van der Waals surface area contributed by atoms with Gasteiger partial charge in [0.05, 0.1) is 16.8 Å². The summed E-state index contributed by atoms with van der Waals surface area (Å²) in [5.74, 6) is 0.414. The maximum Gasteiger partial charge on any atom is 0.266 e. The summed E-state index contributed by atoms with van der Waals surface area (Å²) in [6, 6.07) is 15.7. The van der Waals surface area contributed by atoms with Gasteiger partial charge in [-0.1, -0.05) is 35.9 Å². The van der Waals surface area contributed by atoms with Crippen molar-refractivity contribution in [3.63, 3.8) is 0 Å². The van der Waals surface area contributed by atoms with Crippen LogP contribution in [-0.4, -0.2) is 10.9 Å². The fourth-order valence-electron chi connectivity index (χ4n) is 2.18. The van der Waals surface area contributed by atoms with Crippen LogP contribution in [0.3, 0.4) is 0 Å². The van der Waals surface area contributed by atoms with E-state index in [2.05, 4.69) is 40.7 Å². The number of aryl methyl sites for hydroxylation is 1. The number of hydrogen-bond donors (Lipinski definition) is 2. The minimum atomic E-state index is -0.132. The molecule has 0 unspecified atom stereocenters. The highest BCUT2D eigenvalue weighted by molar-refractivity contribution is 7.12. The SMILES string of the molecule is Cc1cccc(CNc2ccc(NC(=O)c3cccs3)nc2)c1. The van der Waals surface area contributed by atoms with Gasteiger partial charge in [-0.15, -0.1) is 11.3 Å². The molecule has 3 rings (SSSR count). The lowest BCUT2D eigenvalue weighted by Crippen LogP contribution is -2.11. The zero-order valence-corrected chi connectivity index (χ0v) is 13.6. The Labute approximate surface area is 139 Å². The molecule has 2 N–H and O–H groups in total. The second kappa shape index (κ2) is 7.07. The number of pyridine rings is 1. The zero-order valence-electron chi connectivity index (χ0n) is 12.7. The largest absolute Gasteiger partial charge is 0.380 e.